The number of nitrogens with two attached hydrogens (primary N) is 1. The summed E-state index contributed by atoms with van der Waals surface area (Å²) < 4.78 is 36.2. The van der Waals surface area contributed by atoms with Crippen LogP contribution < -0.4 is 10.6 Å². The lowest BCUT2D eigenvalue weighted by molar-refractivity contribution is -0.787. The molecule has 0 bridgehead atoms. The third-order valence-corrected chi connectivity index (χ3v) is 8.84. The number of carbonyl (C=O) groups is 1. The maximum Gasteiger partial charge on any atom is 0.245 e. The van der Waals surface area contributed by atoms with Gasteiger partial charge in [-0.3, -0.25) is 4.79 Å². The molecular formula is C21H32N5O3S2+. The lowest BCUT2D eigenvalue weighted by Gasteiger charge is -2.43. The number of piperidine rings is 2. The van der Waals surface area contributed by atoms with E-state index in [1.165, 1.54) is 4.31 Å². The van der Waals surface area contributed by atoms with E-state index in [9.17, 15) is 13.2 Å². The quantitative estimate of drug-likeness (QED) is 0.710. The smallest absolute Gasteiger partial charge is 0.245 e. The van der Waals surface area contributed by atoms with E-state index >= 15 is 0 Å². The van der Waals surface area contributed by atoms with Crippen molar-refractivity contribution in [2.24, 2.45) is 5.92 Å². The van der Waals surface area contributed by atoms with Crippen molar-refractivity contribution in [1.29, 1.82) is 0 Å². The number of aromatic nitrogens is 2. The molecule has 1 aromatic heterocycles. The molecule has 1 aromatic carbocycles. The molecule has 2 aliphatic rings. The minimum absolute atomic E-state index is 0.0568. The van der Waals surface area contributed by atoms with Crippen molar-refractivity contribution in [3.05, 3.63) is 18.2 Å². The third kappa shape index (κ3) is 4.76. The van der Waals surface area contributed by atoms with Crippen LogP contribution in [0.15, 0.2) is 23.1 Å². The second-order valence-corrected chi connectivity index (χ2v) is 12.7. The second-order valence-electron chi connectivity index (χ2n) is 10.3. The van der Waals surface area contributed by atoms with E-state index in [0.717, 1.165) is 24.6 Å². The molecule has 31 heavy (non-hydrogen) atoms. The molecule has 0 aliphatic carbocycles. The van der Waals surface area contributed by atoms with Crippen molar-refractivity contribution in [2.45, 2.75) is 75.4 Å². The van der Waals surface area contributed by atoms with Gasteiger partial charge in [0.2, 0.25) is 15.9 Å². The fourth-order valence-electron chi connectivity index (χ4n) is 5.43. The summed E-state index contributed by atoms with van der Waals surface area (Å²) in [5, 5.41) is 5.66. The highest BCUT2D eigenvalue weighted by molar-refractivity contribution is 7.89. The average Bonchev–Trinajstić information content (AvgIpc) is 3.14. The number of sulfonamides is 1. The second kappa shape index (κ2) is 8.06. The topological polar surface area (TPSA) is 109 Å². The van der Waals surface area contributed by atoms with Crippen LogP contribution in [0.1, 0.15) is 53.4 Å². The highest BCUT2D eigenvalue weighted by Gasteiger charge is 2.43. The van der Waals surface area contributed by atoms with Gasteiger partial charge in [0.1, 0.15) is 15.9 Å². The molecule has 3 N–H and O–H groups in total. The van der Waals surface area contributed by atoms with E-state index in [0.29, 0.717) is 37.0 Å². The minimum atomic E-state index is -3.66. The highest BCUT2D eigenvalue weighted by atomic mass is 32.2. The van der Waals surface area contributed by atoms with Crippen molar-refractivity contribution in [3.8, 4) is 0 Å². The standard InChI is InChI=1S/C21H31N5O3S2/c1-20(2)12-15(13-21(3,4)25-20)22-19(27)14-8-10-26(11-9-14)31(28,29)17-7-5-6-16-18(17)24-30-23-16/h5-7,14-15,25H,8-13H2,1-4H3,(H,22,27)/p+1. The minimum Gasteiger partial charge on any atom is -0.353 e. The van der Waals surface area contributed by atoms with Crippen LogP contribution in [0.3, 0.4) is 0 Å². The van der Waals surface area contributed by atoms with Crippen molar-refractivity contribution in [3.63, 3.8) is 0 Å². The summed E-state index contributed by atoms with van der Waals surface area (Å²) in [5.41, 5.74) is 1.19. The van der Waals surface area contributed by atoms with Gasteiger partial charge in [-0.25, -0.2) is 8.42 Å². The number of fused-ring (bicyclic) bond motifs is 1. The van der Waals surface area contributed by atoms with Gasteiger partial charge in [0, 0.05) is 37.9 Å². The summed E-state index contributed by atoms with van der Waals surface area (Å²) in [7, 11) is -3.66. The zero-order valence-corrected chi connectivity index (χ0v) is 20.2. The number of rotatable bonds is 4. The van der Waals surface area contributed by atoms with Crippen LogP contribution in [0.5, 0.6) is 0 Å². The van der Waals surface area contributed by atoms with Gasteiger partial charge in [-0.15, -0.1) is 0 Å². The normalized spacial score (nSPS) is 23.1. The van der Waals surface area contributed by atoms with E-state index < -0.39 is 10.0 Å². The van der Waals surface area contributed by atoms with Crippen LogP contribution in [0.25, 0.3) is 11.0 Å². The maximum atomic E-state index is 13.2. The predicted octanol–water partition coefficient (Wildman–Crippen LogP) is 1.49. The molecule has 10 heteroatoms. The molecule has 2 aliphatic heterocycles. The Labute approximate surface area is 188 Å². The molecule has 8 nitrogen and oxygen atoms in total. The van der Waals surface area contributed by atoms with Gasteiger partial charge in [0.15, 0.2) is 0 Å². The Kier molecular flexibility index (Phi) is 5.87. The van der Waals surface area contributed by atoms with Crippen LogP contribution >= 0.6 is 11.7 Å². The van der Waals surface area contributed by atoms with Crippen molar-refractivity contribution in [2.75, 3.05) is 13.1 Å². The van der Waals surface area contributed by atoms with E-state index in [-0.39, 0.29) is 33.8 Å². The van der Waals surface area contributed by atoms with E-state index in [2.05, 4.69) is 47.1 Å². The van der Waals surface area contributed by atoms with Crippen molar-refractivity contribution < 1.29 is 18.5 Å². The Balaban J connectivity index is 1.39. The average molecular weight is 467 g/mol. The van der Waals surface area contributed by atoms with Gasteiger partial charge in [-0.1, -0.05) is 6.07 Å². The van der Waals surface area contributed by atoms with Gasteiger partial charge in [-0.2, -0.15) is 13.1 Å². The number of nitrogens with one attached hydrogen (secondary N) is 1. The number of benzene rings is 1. The molecule has 0 saturated carbocycles. The first-order valence-electron chi connectivity index (χ1n) is 10.9. The first-order valence-corrected chi connectivity index (χ1v) is 13.0. The molecule has 3 heterocycles. The fourth-order valence-corrected chi connectivity index (χ4v) is 7.65. The monoisotopic (exact) mass is 466 g/mol. The number of amides is 1. The van der Waals surface area contributed by atoms with Gasteiger partial charge in [0.05, 0.1) is 22.8 Å². The van der Waals surface area contributed by atoms with Crippen LogP contribution in [0.2, 0.25) is 0 Å². The van der Waals surface area contributed by atoms with Gasteiger partial charge < -0.3 is 10.6 Å². The van der Waals surface area contributed by atoms with Crippen molar-refractivity contribution in [1.82, 2.24) is 18.4 Å². The first kappa shape index (κ1) is 22.6. The Morgan fingerprint density at radius 2 is 1.77 bits per heavy atom. The molecule has 2 aromatic rings. The summed E-state index contributed by atoms with van der Waals surface area (Å²) >= 11 is 1.01. The molecule has 1 amide bonds. The lowest BCUT2D eigenvalue weighted by Crippen LogP contribution is -3.06. The molecule has 4 rings (SSSR count). The van der Waals surface area contributed by atoms with Crippen LogP contribution in [0, 0.1) is 5.92 Å². The summed E-state index contributed by atoms with van der Waals surface area (Å²) in [6, 6.07) is 5.20. The molecule has 0 atom stereocenters. The Morgan fingerprint density at radius 1 is 1.13 bits per heavy atom. The fraction of sp³-hybridized carbons (Fsp3) is 0.667. The van der Waals surface area contributed by atoms with E-state index in [4.69, 9.17) is 0 Å². The molecular weight excluding hydrogens is 434 g/mol. The van der Waals surface area contributed by atoms with Crippen molar-refractivity contribution >= 4 is 38.7 Å². The highest BCUT2D eigenvalue weighted by Crippen LogP contribution is 2.29. The van der Waals surface area contributed by atoms with E-state index in [1.54, 1.807) is 18.2 Å². The van der Waals surface area contributed by atoms with Crippen LogP contribution in [-0.4, -0.2) is 57.6 Å². The van der Waals surface area contributed by atoms with Gasteiger partial charge in [0.25, 0.3) is 0 Å². The number of hydrogen-bond acceptors (Lipinski definition) is 6. The SMILES string of the molecule is CC1(C)CC(NC(=O)C2CCN(S(=O)(=O)c3cccc4nsnc34)CC2)CC(C)(C)[NH2+]1. The van der Waals surface area contributed by atoms with Gasteiger partial charge in [-0.05, 0) is 52.7 Å². The number of hydrogen-bond donors (Lipinski definition) is 2. The zero-order chi connectivity index (χ0) is 22.4. The summed E-state index contributed by atoms with van der Waals surface area (Å²) in [5.74, 6) is -0.0957. The predicted molar refractivity (Wildman–Crippen MR) is 120 cm³/mol. The molecule has 2 saturated heterocycles. The van der Waals surface area contributed by atoms with Gasteiger partial charge >= 0.3 is 0 Å². The molecule has 2 fully saturated rings. The largest absolute Gasteiger partial charge is 0.353 e. The number of nitrogens with zero attached hydrogens (tertiary/aromatic N) is 3. The first-order chi connectivity index (χ1) is 14.5. The Bertz CT molecular complexity index is 1060. The number of carbonyl (C=O) groups excluding carboxylic acids is 1. The van der Waals surface area contributed by atoms with E-state index in [1.807, 2.05) is 0 Å². The number of quaternary nitrogens is 1. The third-order valence-electron chi connectivity index (χ3n) is 6.36. The summed E-state index contributed by atoms with van der Waals surface area (Å²) in [6.45, 7) is 9.54. The Hall–Kier alpha value is -1.62. The van der Waals surface area contributed by atoms with Crippen LogP contribution in [0.4, 0.5) is 0 Å². The molecule has 0 unspecified atom stereocenters. The summed E-state index contributed by atoms with van der Waals surface area (Å²) in [6.07, 6.45) is 2.92. The lowest BCUT2D eigenvalue weighted by atomic mass is 9.79. The molecule has 0 radical (unpaired) electrons. The Morgan fingerprint density at radius 3 is 2.42 bits per heavy atom. The zero-order valence-electron chi connectivity index (χ0n) is 18.6. The molecule has 170 valence electrons. The van der Waals surface area contributed by atoms with Crippen LogP contribution in [-0.2, 0) is 14.8 Å². The maximum absolute atomic E-state index is 13.2. The molecule has 0 spiro atoms. The summed E-state index contributed by atoms with van der Waals surface area (Å²) in [4.78, 5) is 13.1.